The first kappa shape index (κ1) is 22.4. The van der Waals surface area contributed by atoms with E-state index in [1.165, 1.54) is 11.8 Å². The highest BCUT2D eigenvalue weighted by atomic mass is 32.2. The van der Waals surface area contributed by atoms with E-state index in [4.69, 9.17) is 4.74 Å². The van der Waals surface area contributed by atoms with Crippen molar-refractivity contribution in [2.45, 2.75) is 30.0 Å². The van der Waals surface area contributed by atoms with E-state index in [0.29, 0.717) is 11.3 Å². The van der Waals surface area contributed by atoms with Crippen molar-refractivity contribution >= 4 is 29.3 Å². The highest BCUT2D eigenvalue weighted by Gasteiger charge is 2.19. The molecular formula is C25H26N2O3S. The molecule has 0 aliphatic rings. The van der Waals surface area contributed by atoms with Gasteiger partial charge in [-0.25, -0.2) is 0 Å². The molecule has 0 unspecified atom stereocenters. The smallest absolute Gasteiger partial charge is 0.253 e. The zero-order valence-electron chi connectivity index (χ0n) is 17.8. The fourth-order valence-corrected chi connectivity index (χ4v) is 3.90. The van der Waals surface area contributed by atoms with Crippen molar-refractivity contribution in [3.05, 3.63) is 90.0 Å². The maximum absolute atomic E-state index is 12.9. The number of amides is 2. The van der Waals surface area contributed by atoms with E-state index in [9.17, 15) is 9.59 Å². The number of methoxy groups -OCH3 is 1. The molecule has 0 bridgehead atoms. The Morgan fingerprint density at radius 3 is 2.19 bits per heavy atom. The maximum atomic E-state index is 12.9. The monoisotopic (exact) mass is 434 g/mol. The van der Waals surface area contributed by atoms with E-state index in [-0.39, 0.29) is 23.1 Å². The van der Waals surface area contributed by atoms with Crippen LogP contribution in [-0.4, -0.2) is 24.2 Å². The predicted molar refractivity (Wildman–Crippen MR) is 126 cm³/mol. The Balaban J connectivity index is 1.66. The Kier molecular flexibility index (Phi) is 7.73. The average Bonchev–Trinajstić information content (AvgIpc) is 2.80. The second-order valence-electron chi connectivity index (χ2n) is 7.08. The molecule has 5 nitrogen and oxygen atoms in total. The van der Waals surface area contributed by atoms with Gasteiger partial charge >= 0.3 is 0 Å². The molecule has 0 heterocycles. The van der Waals surface area contributed by atoms with Crippen LogP contribution >= 0.6 is 11.8 Å². The van der Waals surface area contributed by atoms with Crippen LogP contribution in [-0.2, 0) is 4.79 Å². The van der Waals surface area contributed by atoms with Crippen molar-refractivity contribution in [2.24, 2.45) is 0 Å². The van der Waals surface area contributed by atoms with E-state index in [1.807, 2.05) is 68.4 Å². The number of carbonyl (C=O) groups is 2. The number of ether oxygens (including phenoxy) is 1. The molecule has 0 saturated heterocycles. The zero-order chi connectivity index (χ0) is 22.2. The van der Waals surface area contributed by atoms with Crippen molar-refractivity contribution in [3.8, 4) is 5.75 Å². The number of thioether (sulfide) groups is 1. The number of para-hydroxylation sites is 1. The van der Waals surface area contributed by atoms with E-state index in [1.54, 1.807) is 31.4 Å². The Bertz CT molecular complexity index is 1020. The highest BCUT2D eigenvalue weighted by molar-refractivity contribution is 8.00. The molecule has 3 rings (SSSR count). The number of anilines is 1. The molecule has 0 spiro atoms. The molecule has 0 aliphatic carbocycles. The van der Waals surface area contributed by atoms with Gasteiger partial charge in [-0.05, 0) is 55.8 Å². The van der Waals surface area contributed by atoms with Gasteiger partial charge in [0.15, 0.2) is 0 Å². The van der Waals surface area contributed by atoms with Gasteiger partial charge in [-0.2, -0.15) is 0 Å². The minimum atomic E-state index is -0.340. The Morgan fingerprint density at radius 2 is 1.52 bits per heavy atom. The molecule has 3 aromatic carbocycles. The van der Waals surface area contributed by atoms with Crippen molar-refractivity contribution in [2.75, 3.05) is 12.4 Å². The summed E-state index contributed by atoms with van der Waals surface area (Å²) in [5.74, 6) is 0.367. The number of nitrogens with one attached hydrogen (secondary N) is 2. The van der Waals surface area contributed by atoms with Gasteiger partial charge in [0, 0.05) is 4.90 Å². The molecule has 6 heteroatoms. The topological polar surface area (TPSA) is 67.4 Å². The molecule has 2 amide bonds. The molecule has 3 aromatic rings. The van der Waals surface area contributed by atoms with Crippen LogP contribution in [0.4, 0.5) is 5.69 Å². The third-order valence-electron chi connectivity index (χ3n) is 4.82. The summed E-state index contributed by atoms with van der Waals surface area (Å²) in [4.78, 5) is 26.6. The van der Waals surface area contributed by atoms with Crippen LogP contribution in [0, 0.1) is 0 Å². The molecule has 0 aromatic heterocycles. The van der Waals surface area contributed by atoms with Crippen molar-refractivity contribution in [1.29, 1.82) is 0 Å². The first-order valence-electron chi connectivity index (χ1n) is 10.0. The molecule has 0 radical (unpaired) electrons. The summed E-state index contributed by atoms with van der Waals surface area (Å²) in [7, 11) is 1.62. The summed E-state index contributed by atoms with van der Waals surface area (Å²) < 4.78 is 5.17. The minimum absolute atomic E-state index is 0.151. The van der Waals surface area contributed by atoms with E-state index in [2.05, 4.69) is 10.6 Å². The van der Waals surface area contributed by atoms with Crippen LogP contribution in [0.5, 0.6) is 5.75 Å². The number of benzene rings is 3. The zero-order valence-corrected chi connectivity index (χ0v) is 18.6. The van der Waals surface area contributed by atoms with Gasteiger partial charge in [0.25, 0.3) is 5.91 Å². The van der Waals surface area contributed by atoms with Crippen molar-refractivity contribution in [3.63, 3.8) is 0 Å². The lowest BCUT2D eigenvalue weighted by atomic mass is 10.1. The standard InChI is InChI=1S/C25H26N2O3S/c1-17(19-9-5-4-6-10-19)26-25(29)22-11-7-8-12-23(22)27-24(28)18(2)31-21-15-13-20(30-3)14-16-21/h4-18H,1-3H3,(H,26,29)(H,27,28)/t17-,18-/m1/s1. The third kappa shape index (κ3) is 6.12. The van der Waals surface area contributed by atoms with Crippen LogP contribution in [0.15, 0.2) is 83.8 Å². The first-order chi connectivity index (χ1) is 15.0. The van der Waals surface area contributed by atoms with Crippen molar-refractivity contribution < 1.29 is 14.3 Å². The minimum Gasteiger partial charge on any atom is -0.497 e. The maximum Gasteiger partial charge on any atom is 0.253 e. The molecule has 0 aliphatic heterocycles. The third-order valence-corrected chi connectivity index (χ3v) is 5.93. The summed E-state index contributed by atoms with van der Waals surface area (Å²) in [5, 5.41) is 5.56. The fraction of sp³-hybridized carbons (Fsp3) is 0.200. The van der Waals surface area contributed by atoms with E-state index < -0.39 is 0 Å². The lowest BCUT2D eigenvalue weighted by Crippen LogP contribution is -2.29. The number of hydrogen-bond donors (Lipinski definition) is 2. The summed E-state index contributed by atoms with van der Waals surface area (Å²) in [6, 6.07) is 24.2. The van der Waals surface area contributed by atoms with Gasteiger partial charge in [0.05, 0.1) is 29.7 Å². The Morgan fingerprint density at radius 1 is 0.871 bits per heavy atom. The summed E-state index contributed by atoms with van der Waals surface area (Å²) >= 11 is 1.44. The van der Waals surface area contributed by atoms with E-state index in [0.717, 1.165) is 16.2 Å². The number of carbonyl (C=O) groups excluding carboxylic acids is 2. The summed E-state index contributed by atoms with van der Waals surface area (Å²) in [6.45, 7) is 3.77. The van der Waals surface area contributed by atoms with Gasteiger partial charge < -0.3 is 15.4 Å². The Labute approximate surface area is 187 Å². The predicted octanol–water partition coefficient (Wildman–Crippen LogP) is 5.31. The molecule has 31 heavy (non-hydrogen) atoms. The van der Waals surface area contributed by atoms with E-state index >= 15 is 0 Å². The normalized spacial score (nSPS) is 12.5. The lowest BCUT2D eigenvalue weighted by Gasteiger charge is -2.17. The summed E-state index contributed by atoms with van der Waals surface area (Å²) in [6.07, 6.45) is 0. The lowest BCUT2D eigenvalue weighted by molar-refractivity contribution is -0.115. The average molecular weight is 435 g/mol. The van der Waals surface area contributed by atoms with Crippen molar-refractivity contribution in [1.82, 2.24) is 5.32 Å². The Hall–Kier alpha value is -3.25. The van der Waals surface area contributed by atoms with Gasteiger partial charge in [-0.3, -0.25) is 9.59 Å². The second kappa shape index (κ2) is 10.7. The number of hydrogen-bond acceptors (Lipinski definition) is 4. The molecule has 0 saturated carbocycles. The highest BCUT2D eigenvalue weighted by Crippen LogP contribution is 2.27. The molecule has 2 N–H and O–H groups in total. The summed E-state index contributed by atoms with van der Waals surface area (Å²) in [5.41, 5.74) is 1.94. The van der Waals surface area contributed by atoms with Crippen LogP contribution in [0.1, 0.15) is 35.8 Å². The van der Waals surface area contributed by atoms with Crippen LogP contribution in [0.25, 0.3) is 0 Å². The van der Waals surface area contributed by atoms with Gasteiger partial charge in [0.1, 0.15) is 5.75 Å². The number of rotatable bonds is 8. The molecule has 160 valence electrons. The van der Waals surface area contributed by atoms with Gasteiger partial charge in [0.2, 0.25) is 5.91 Å². The largest absolute Gasteiger partial charge is 0.497 e. The fourth-order valence-electron chi connectivity index (χ4n) is 3.04. The SMILES string of the molecule is COc1ccc(S[C@H](C)C(=O)Nc2ccccc2C(=O)N[C@H](C)c2ccccc2)cc1. The molecule has 2 atom stereocenters. The first-order valence-corrected chi connectivity index (χ1v) is 10.9. The van der Waals surface area contributed by atoms with Crippen LogP contribution < -0.4 is 15.4 Å². The molecule has 0 fully saturated rings. The van der Waals surface area contributed by atoms with Gasteiger partial charge in [-0.1, -0.05) is 42.5 Å². The molecular weight excluding hydrogens is 408 g/mol. The second-order valence-corrected chi connectivity index (χ2v) is 8.49. The van der Waals surface area contributed by atoms with Crippen LogP contribution in [0.2, 0.25) is 0 Å². The van der Waals surface area contributed by atoms with Crippen LogP contribution in [0.3, 0.4) is 0 Å². The quantitative estimate of drug-likeness (QED) is 0.472. The van der Waals surface area contributed by atoms with Gasteiger partial charge in [-0.15, -0.1) is 11.8 Å².